The Hall–Kier alpha value is -2.84. The lowest BCUT2D eigenvalue weighted by Gasteiger charge is -2.23. The van der Waals surface area contributed by atoms with Crippen LogP contribution in [0.3, 0.4) is 0 Å². The second kappa shape index (κ2) is 11.0. The number of rotatable bonds is 9. The molecule has 0 aliphatic rings. The van der Waals surface area contributed by atoms with Crippen LogP contribution in [0.5, 0.6) is 0 Å². The number of hydrogen-bond donors (Lipinski definition) is 0. The van der Waals surface area contributed by atoms with E-state index in [9.17, 15) is 13.2 Å². The zero-order chi connectivity index (χ0) is 25.9. The van der Waals surface area contributed by atoms with E-state index in [-0.39, 0.29) is 30.4 Å². The molecule has 0 saturated heterocycles. The molecule has 1 aromatic heterocycles. The number of sulfonamides is 1. The Bertz CT molecular complexity index is 1500. The van der Waals surface area contributed by atoms with Gasteiger partial charge in [0, 0.05) is 34.1 Å². The number of esters is 1. The van der Waals surface area contributed by atoms with Gasteiger partial charge < -0.3 is 9.15 Å². The summed E-state index contributed by atoms with van der Waals surface area (Å²) in [4.78, 5) is 12.3. The summed E-state index contributed by atoms with van der Waals surface area (Å²) >= 11 is 12.4. The third-order valence-corrected chi connectivity index (χ3v) is 8.29. The number of carbonyl (C=O) groups excluding carboxylic acids is 1. The fourth-order valence-corrected chi connectivity index (χ4v) is 5.84. The number of benzene rings is 3. The molecular weight excluding hydrogens is 521 g/mol. The molecule has 4 rings (SSSR count). The van der Waals surface area contributed by atoms with E-state index in [0.29, 0.717) is 38.6 Å². The van der Waals surface area contributed by atoms with Gasteiger partial charge in [0.05, 0.1) is 11.5 Å². The van der Waals surface area contributed by atoms with E-state index in [1.54, 1.807) is 38.1 Å². The molecule has 36 heavy (non-hydrogen) atoms. The van der Waals surface area contributed by atoms with Gasteiger partial charge in [0.25, 0.3) is 0 Å². The monoisotopic (exact) mass is 545 g/mol. The zero-order valence-corrected chi connectivity index (χ0v) is 22.2. The fraction of sp³-hybridized carbons (Fsp3) is 0.222. The van der Waals surface area contributed by atoms with Crippen LogP contribution in [0.15, 0.2) is 76.0 Å². The van der Waals surface area contributed by atoms with Crippen LogP contribution in [-0.4, -0.2) is 31.8 Å². The molecule has 0 spiro atoms. The maximum Gasteiger partial charge on any atom is 0.374 e. The minimum atomic E-state index is -3.94. The second-order valence-electron chi connectivity index (χ2n) is 8.24. The SMILES string of the molecule is CCOC(=O)c1oc2ccc(S(=O)(=O)N(CCc3ccccc3)Cc3ccc(Cl)cc3Cl)cc2c1C. The highest BCUT2D eigenvalue weighted by Crippen LogP contribution is 2.31. The Morgan fingerprint density at radius 1 is 1.03 bits per heavy atom. The van der Waals surface area contributed by atoms with E-state index in [2.05, 4.69) is 0 Å². The summed E-state index contributed by atoms with van der Waals surface area (Å²) in [7, 11) is -3.94. The summed E-state index contributed by atoms with van der Waals surface area (Å²) in [5.74, 6) is -0.521. The molecule has 4 aromatic rings. The molecule has 0 saturated carbocycles. The first-order valence-corrected chi connectivity index (χ1v) is 13.6. The first-order chi connectivity index (χ1) is 17.2. The van der Waals surface area contributed by atoms with Gasteiger partial charge >= 0.3 is 5.97 Å². The number of furan rings is 1. The van der Waals surface area contributed by atoms with Crippen molar-refractivity contribution >= 4 is 50.2 Å². The van der Waals surface area contributed by atoms with Crippen LogP contribution in [0.1, 0.15) is 34.2 Å². The van der Waals surface area contributed by atoms with Gasteiger partial charge in [0.15, 0.2) is 0 Å². The molecule has 0 atom stereocenters. The molecule has 0 aliphatic carbocycles. The van der Waals surface area contributed by atoms with Gasteiger partial charge in [-0.3, -0.25) is 0 Å². The van der Waals surface area contributed by atoms with Crippen LogP contribution in [0, 0.1) is 6.92 Å². The second-order valence-corrected chi connectivity index (χ2v) is 11.0. The van der Waals surface area contributed by atoms with E-state index in [0.717, 1.165) is 5.56 Å². The Labute approximate surface area is 220 Å². The third kappa shape index (κ3) is 5.60. The maximum atomic E-state index is 13.9. The number of fused-ring (bicyclic) bond motifs is 1. The van der Waals surface area contributed by atoms with Crippen molar-refractivity contribution in [3.8, 4) is 0 Å². The molecule has 0 unspecified atom stereocenters. The Morgan fingerprint density at radius 2 is 1.78 bits per heavy atom. The van der Waals surface area contributed by atoms with Crippen LogP contribution < -0.4 is 0 Å². The van der Waals surface area contributed by atoms with E-state index < -0.39 is 16.0 Å². The molecule has 0 radical (unpaired) electrons. The molecule has 0 fully saturated rings. The van der Waals surface area contributed by atoms with Crippen LogP contribution in [0.2, 0.25) is 10.0 Å². The Kier molecular flexibility index (Phi) is 8.05. The summed E-state index contributed by atoms with van der Waals surface area (Å²) in [6.07, 6.45) is 0.519. The highest BCUT2D eigenvalue weighted by atomic mass is 35.5. The molecule has 3 aromatic carbocycles. The fourth-order valence-electron chi connectivity index (χ4n) is 3.92. The molecule has 9 heteroatoms. The van der Waals surface area contributed by atoms with Crippen LogP contribution >= 0.6 is 23.2 Å². The van der Waals surface area contributed by atoms with Gasteiger partial charge in [-0.25, -0.2) is 13.2 Å². The maximum absolute atomic E-state index is 13.9. The van der Waals surface area contributed by atoms with Crippen molar-refractivity contribution in [1.29, 1.82) is 0 Å². The van der Waals surface area contributed by atoms with Crippen molar-refractivity contribution in [2.45, 2.75) is 31.7 Å². The lowest BCUT2D eigenvalue weighted by atomic mass is 10.1. The Morgan fingerprint density at radius 3 is 2.47 bits per heavy atom. The van der Waals surface area contributed by atoms with Crippen molar-refractivity contribution in [2.24, 2.45) is 0 Å². The number of ether oxygens (including phenoxy) is 1. The number of hydrogen-bond acceptors (Lipinski definition) is 5. The van der Waals surface area contributed by atoms with Crippen molar-refractivity contribution in [3.63, 3.8) is 0 Å². The molecule has 6 nitrogen and oxygen atoms in total. The van der Waals surface area contributed by atoms with Gasteiger partial charge in [-0.2, -0.15) is 4.31 Å². The lowest BCUT2D eigenvalue weighted by Crippen LogP contribution is -2.32. The van der Waals surface area contributed by atoms with Crippen molar-refractivity contribution in [3.05, 3.63) is 99.2 Å². The summed E-state index contributed by atoms with van der Waals surface area (Å²) in [5, 5.41) is 1.40. The smallest absolute Gasteiger partial charge is 0.374 e. The predicted molar refractivity (Wildman–Crippen MR) is 141 cm³/mol. The lowest BCUT2D eigenvalue weighted by molar-refractivity contribution is 0.0491. The number of carbonyl (C=O) groups is 1. The van der Waals surface area contributed by atoms with Crippen LogP contribution in [0.25, 0.3) is 11.0 Å². The zero-order valence-electron chi connectivity index (χ0n) is 19.8. The highest BCUT2D eigenvalue weighted by Gasteiger charge is 2.27. The van der Waals surface area contributed by atoms with Crippen molar-refractivity contribution < 1.29 is 22.4 Å². The van der Waals surface area contributed by atoms with E-state index in [4.69, 9.17) is 32.4 Å². The third-order valence-electron chi connectivity index (χ3n) is 5.86. The number of nitrogens with zero attached hydrogens (tertiary/aromatic N) is 1. The molecule has 0 bridgehead atoms. The van der Waals surface area contributed by atoms with Gasteiger partial charge in [-0.1, -0.05) is 59.6 Å². The molecule has 0 N–H and O–H groups in total. The summed E-state index contributed by atoms with van der Waals surface area (Å²) < 4.78 is 39.8. The summed E-state index contributed by atoms with van der Waals surface area (Å²) in [6, 6.07) is 19.2. The standard InChI is InChI=1S/C27H25Cl2NO5S/c1-3-34-27(31)26-18(2)23-16-22(11-12-25(23)35-26)36(32,33)30(14-13-19-7-5-4-6-8-19)17-20-9-10-21(28)15-24(20)29/h4-12,15-16H,3,13-14,17H2,1-2H3. The number of aryl methyl sites for hydroxylation is 1. The van der Waals surface area contributed by atoms with Gasteiger partial charge in [-0.05, 0) is 61.7 Å². The van der Waals surface area contributed by atoms with Crippen molar-refractivity contribution in [2.75, 3.05) is 13.2 Å². The highest BCUT2D eigenvalue weighted by molar-refractivity contribution is 7.89. The van der Waals surface area contributed by atoms with Gasteiger partial charge in [-0.15, -0.1) is 0 Å². The molecular formula is C27H25Cl2NO5S. The minimum Gasteiger partial charge on any atom is -0.460 e. The van der Waals surface area contributed by atoms with Crippen LogP contribution in [-0.2, 0) is 27.7 Å². The first-order valence-electron chi connectivity index (χ1n) is 11.4. The first kappa shape index (κ1) is 26.2. The van der Waals surface area contributed by atoms with E-state index in [1.165, 1.54) is 16.4 Å². The molecule has 188 valence electrons. The van der Waals surface area contributed by atoms with E-state index >= 15 is 0 Å². The molecule has 0 aliphatic heterocycles. The largest absolute Gasteiger partial charge is 0.460 e. The Balaban J connectivity index is 1.72. The minimum absolute atomic E-state index is 0.0651. The number of halogens is 2. The topological polar surface area (TPSA) is 76.8 Å². The average Bonchev–Trinajstić information content (AvgIpc) is 3.19. The molecule has 1 heterocycles. The van der Waals surface area contributed by atoms with E-state index in [1.807, 2.05) is 30.3 Å². The quantitative estimate of drug-likeness (QED) is 0.220. The van der Waals surface area contributed by atoms with Gasteiger partial charge in [0.2, 0.25) is 15.8 Å². The van der Waals surface area contributed by atoms with Crippen LogP contribution in [0.4, 0.5) is 0 Å². The average molecular weight is 546 g/mol. The van der Waals surface area contributed by atoms with Gasteiger partial charge in [0.1, 0.15) is 5.58 Å². The normalized spacial score (nSPS) is 11.8. The predicted octanol–water partition coefficient (Wildman–Crippen LogP) is 6.66. The summed E-state index contributed by atoms with van der Waals surface area (Å²) in [6.45, 7) is 3.93. The summed E-state index contributed by atoms with van der Waals surface area (Å²) in [5.41, 5.74) is 2.59. The molecule has 0 amide bonds. The van der Waals surface area contributed by atoms with Crippen molar-refractivity contribution in [1.82, 2.24) is 4.31 Å².